The molecule has 1 N–H and O–H groups in total. The Kier molecular flexibility index (Phi) is 4.03. The minimum Gasteiger partial charge on any atom is -0.478 e. The topological polar surface area (TPSA) is 55.1 Å². The molecule has 20 heavy (non-hydrogen) atoms. The lowest BCUT2D eigenvalue weighted by Gasteiger charge is -2.05. The summed E-state index contributed by atoms with van der Waals surface area (Å²) in [5.41, 5.74) is 5.48. The highest BCUT2D eigenvalue weighted by molar-refractivity contribution is 5.85. The fraction of sp³-hybridized carbons (Fsp3) is 0.250. The molecular weight excluding hydrogens is 252 g/mol. The molecule has 0 aliphatic rings. The Bertz CT molecular complexity index is 652. The Morgan fingerprint density at radius 3 is 2.40 bits per heavy atom. The van der Waals surface area contributed by atoms with Crippen LogP contribution in [-0.4, -0.2) is 20.9 Å². The van der Waals surface area contributed by atoms with E-state index < -0.39 is 5.97 Å². The number of carbonyl (C=O) groups is 1. The Morgan fingerprint density at radius 1 is 1.25 bits per heavy atom. The van der Waals surface area contributed by atoms with E-state index in [1.54, 1.807) is 6.08 Å². The molecule has 1 aromatic heterocycles. The number of hydrogen-bond acceptors (Lipinski definition) is 2. The molecule has 1 heterocycles. The van der Waals surface area contributed by atoms with E-state index in [0.29, 0.717) is 0 Å². The summed E-state index contributed by atoms with van der Waals surface area (Å²) in [5, 5.41) is 13.1. The van der Waals surface area contributed by atoms with Gasteiger partial charge in [-0.1, -0.05) is 24.3 Å². The molecule has 0 spiro atoms. The minimum absolute atomic E-state index is 0.726. The molecule has 2 aromatic rings. The van der Waals surface area contributed by atoms with Gasteiger partial charge >= 0.3 is 5.97 Å². The first-order chi connectivity index (χ1) is 9.47. The maximum absolute atomic E-state index is 10.5. The zero-order chi connectivity index (χ0) is 14.7. The highest BCUT2D eigenvalue weighted by Gasteiger charge is 2.07. The molecule has 1 aromatic carbocycles. The summed E-state index contributed by atoms with van der Waals surface area (Å²) in [6.45, 7) is 6.88. The monoisotopic (exact) mass is 270 g/mol. The third kappa shape index (κ3) is 3.15. The molecule has 0 fully saturated rings. The zero-order valence-electron chi connectivity index (χ0n) is 11.9. The first-order valence-electron chi connectivity index (χ1n) is 6.48. The number of carboxylic acids is 1. The normalized spacial score (nSPS) is 11.2. The van der Waals surface area contributed by atoms with Crippen molar-refractivity contribution in [2.24, 2.45) is 0 Å². The van der Waals surface area contributed by atoms with Gasteiger partial charge in [0.1, 0.15) is 0 Å². The second-order valence-electron chi connectivity index (χ2n) is 4.87. The van der Waals surface area contributed by atoms with Gasteiger partial charge in [0.05, 0.1) is 12.2 Å². The van der Waals surface area contributed by atoms with Crippen molar-refractivity contribution in [1.29, 1.82) is 0 Å². The molecule has 0 aliphatic heterocycles. The second kappa shape index (κ2) is 5.74. The lowest BCUT2D eigenvalue weighted by Crippen LogP contribution is -2.04. The maximum Gasteiger partial charge on any atom is 0.328 e. The number of aromatic nitrogens is 2. The van der Waals surface area contributed by atoms with Crippen LogP contribution in [-0.2, 0) is 11.3 Å². The summed E-state index contributed by atoms with van der Waals surface area (Å²) in [6.07, 6.45) is 2.72. The molecule has 2 rings (SSSR count). The van der Waals surface area contributed by atoms with Gasteiger partial charge in [-0.3, -0.25) is 4.68 Å². The average molecular weight is 270 g/mol. The van der Waals surface area contributed by atoms with Crippen molar-refractivity contribution in [3.05, 3.63) is 58.4 Å². The van der Waals surface area contributed by atoms with Crippen LogP contribution in [0.15, 0.2) is 30.3 Å². The van der Waals surface area contributed by atoms with E-state index in [2.05, 4.69) is 18.9 Å². The molecule has 0 atom stereocenters. The van der Waals surface area contributed by atoms with Crippen molar-refractivity contribution in [2.75, 3.05) is 0 Å². The summed E-state index contributed by atoms with van der Waals surface area (Å²) >= 11 is 0. The number of rotatable bonds is 4. The summed E-state index contributed by atoms with van der Waals surface area (Å²) < 4.78 is 1.99. The van der Waals surface area contributed by atoms with Crippen LogP contribution in [0.3, 0.4) is 0 Å². The van der Waals surface area contributed by atoms with E-state index >= 15 is 0 Å². The zero-order valence-corrected chi connectivity index (χ0v) is 11.9. The third-order valence-electron chi connectivity index (χ3n) is 3.47. The molecule has 104 valence electrons. The Labute approximate surface area is 118 Å². The maximum atomic E-state index is 10.5. The largest absolute Gasteiger partial charge is 0.478 e. The van der Waals surface area contributed by atoms with E-state index in [4.69, 9.17) is 5.11 Å². The minimum atomic E-state index is -0.938. The molecule has 0 aliphatic carbocycles. The van der Waals surface area contributed by atoms with Crippen molar-refractivity contribution >= 4 is 12.0 Å². The molecule has 0 amide bonds. The van der Waals surface area contributed by atoms with Crippen LogP contribution in [0, 0.1) is 20.8 Å². The van der Waals surface area contributed by atoms with Crippen LogP contribution in [0.1, 0.15) is 28.1 Å². The van der Waals surface area contributed by atoms with Crippen molar-refractivity contribution < 1.29 is 9.90 Å². The number of hydrogen-bond donors (Lipinski definition) is 1. The van der Waals surface area contributed by atoms with Gasteiger partial charge in [-0.2, -0.15) is 5.10 Å². The SMILES string of the molecule is Cc1nn(Cc2ccc(C=CC(=O)O)cc2)c(C)c1C. The molecule has 0 radical (unpaired) electrons. The molecule has 0 bridgehead atoms. The molecule has 4 heteroatoms. The number of benzene rings is 1. The van der Waals surface area contributed by atoms with Gasteiger partial charge in [0.2, 0.25) is 0 Å². The van der Waals surface area contributed by atoms with Crippen LogP contribution < -0.4 is 0 Å². The summed E-state index contributed by atoms with van der Waals surface area (Å²) in [4.78, 5) is 10.5. The lowest BCUT2D eigenvalue weighted by molar-refractivity contribution is -0.131. The van der Waals surface area contributed by atoms with Crippen LogP contribution in [0.5, 0.6) is 0 Å². The number of carboxylic acid groups (broad SMARTS) is 1. The molecular formula is C16H18N2O2. The Morgan fingerprint density at radius 2 is 1.90 bits per heavy atom. The van der Waals surface area contributed by atoms with Crippen LogP contribution in [0.2, 0.25) is 0 Å². The van der Waals surface area contributed by atoms with Crippen molar-refractivity contribution in [3.63, 3.8) is 0 Å². The van der Waals surface area contributed by atoms with Gasteiger partial charge in [0.25, 0.3) is 0 Å². The summed E-state index contributed by atoms with van der Waals surface area (Å²) in [5.74, 6) is -0.938. The predicted octanol–water partition coefficient (Wildman–Crippen LogP) is 2.95. The van der Waals surface area contributed by atoms with Crippen molar-refractivity contribution in [1.82, 2.24) is 9.78 Å². The summed E-state index contributed by atoms with van der Waals surface area (Å²) in [7, 11) is 0. The van der Waals surface area contributed by atoms with Crippen LogP contribution in [0.4, 0.5) is 0 Å². The van der Waals surface area contributed by atoms with E-state index in [0.717, 1.165) is 29.4 Å². The van der Waals surface area contributed by atoms with E-state index in [-0.39, 0.29) is 0 Å². The Hall–Kier alpha value is -2.36. The third-order valence-corrected chi connectivity index (χ3v) is 3.47. The van der Waals surface area contributed by atoms with E-state index in [1.807, 2.05) is 35.9 Å². The number of nitrogens with zero attached hydrogens (tertiary/aromatic N) is 2. The van der Waals surface area contributed by atoms with Crippen LogP contribution in [0.25, 0.3) is 6.08 Å². The molecule has 0 saturated heterocycles. The first-order valence-corrected chi connectivity index (χ1v) is 6.48. The van der Waals surface area contributed by atoms with Crippen molar-refractivity contribution in [2.45, 2.75) is 27.3 Å². The average Bonchev–Trinajstić information content (AvgIpc) is 2.65. The fourth-order valence-corrected chi connectivity index (χ4v) is 2.02. The molecule has 0 saturated carbocycles. The first kappa shape index (κ1) is 14.1. The second-order valence-corrected chi connectivity index (χ2v) is 4.87. The van der Waals surface area contributed by atoms with Gasteiger partial charge in [-0.05, 0) is 43.5 Å². The molecule has 4 nitrogen and oxygen atoms in total. The number of aryl methyl sites for hydroxylation is 1. The molecule has 0 unspecified atom stereocenters. The highest BCUT2D eigenvalue weighted by Crippen LogP contribution is 2.14. The standard InChI is InChI=1S/C16H18N2O2/c1-11-12(2)17-18(13(11)3)10-15-6-4-14(5-7-15)8-9-16(19)20/h4-9H,10H2,1-3H3,(H,19,20). The highest BCUT2D eigenvalue weighted by atomic mass is 16.4. The van der Waals surface area contributed by atoms with Gasteiger partial charge in [-0.15, -0.1) is 0 Å². The quantitative estimate of drug-likeness (QED) is 0.869. The van der Waals surface area contributed by atoms with E-state index in [9.17, 15) is 4.79 Å². The Balaban J connectivity index is 2.14. The van der Waals surface area contributed by atoms with E-state index in [1.165, 1.54) is 11.3 Å². The van der Waals surface area contributed by atoms with Gasteiger partial charge < -0.3 is 5.11 Å². The van der Waals surface area contributed by atoms with Crippen LogP contribution >= 0.6 is 0 Å². The van der Waals surface area contributed by atoms with Gasteiger partial charge in [0, 0.05) is 11.8 Å². The van der Waals surface area contributed by atoms with Gasteiger partial charge in [0.15, 0.2) is 0 Å². The predicted molar refractivity (Wildman–Crippen MR) is 78.7 cm³/mol. The fourth-order valence-electron chi connectivity index (χ4n) is 2.02. The smallest absolute Gasteiger partial charge is 0.328 e. The van der Waals surface area contributed by atoms with Crippen molar-refractivity contribution in [3.8, 4) is 0 Å². The lowest BCUT2D eigenvalue weighted by atomic mass is 10.1. The number of aliphatic carboxylic acids is 1. The summed E-state index contributed by atoms with van der Waals surface area (Å²) in [6, 6.07) is 7.81. The van der Waals surface area contributed by atoms with Gasteiger partial charge in [-0.25, -0.2) is 4.79 Å².